The van der Waals surface area contributed by atoms with Crippen molar-refractivity contribution in [2.24, 2.45) is 0 Å². The molecule has 2 rings (SSSR count). The summed E-state index contributed by atoms with van der Waals surface area (Å²) >= 11 is 3.37. The van der Waals surface area contributed by atoms with E-state index in [0.29, 0.717) is 17.9 Å². The average molecular weight is 463 g/mol. The number of amides is 2. The molecule has 29 heavy (non-hydrogen) atoms. The summed E-state index contributed by atoms with van der Waals surface area (Å²) in [7, 11) is 1.59. The number of hydrogen-bond acceptors (Lipinski definition) is 4. The first-order valence-electron chi connectivity index (χ1n) is 9.68. The number of unbranched alkanes of at least 4 members (excludes halogenated alkanes) is 3. The Morgan fingerprint density at radius 1 is 1.00 bits per heavy atom. The zero-order chi connectivity index (χ0) is 21.1. The fourth-order valence-electron chi connectivity index (χ4n) is 2.68. The van der Waals surface area contributed by atoms with Crippen LogP contribution in [0.5, 0.6) is 11.5 Å². The molecule has 0 fully saturated rings. The molecular formula is C22H27BrN2O4. The number of nitrogens with one attached hydrogen (secondary N) is 2. The SMILES string of the molecule is CCCCCCOc1ccc(Br)cc1C(=O)NNC(=O)Cc1ccc(OC)cc1. The lowest BCUT2D eigenvalue weighted by Gasteiger charge is -2.13. The Morgan fingerprint density at radius 3 is 2.45 bits per heavy atom. The molecule has 0 saturated carbocycles. The van der Waals surface area contributed by atoms with E-state index in [9.17, 15) is 9.59 Å². The molecule has 0 aliphatic carbocycles. The third-order valence-electron chi connectivity index (χ3n) is 4.28. The smallest absolute Gasteiger partial charge is 0.273 e. The van der Waals surface area contributed by atoms with Crippen molar-refractivity contribution in [3.05, 3.63) is 58.1 Å². The van der Waals surface area contributed by atoms with Crippen molar-refractivity contribution in [2.75, 3.05) is 13.7 Å². The molecule has 7 heteroatoms. The number of hydrogen-bond donors (Lipinski definition) is 2. The van der Waals surface area contributed by atoms with Gasteiger partial charge in [-0.1, -0.05) is 54.2 Å². The Hall–Kier alpha value is -2.54. The van der Waals surface area contributed by atoms with Gasteiger partial charge in [-0.15, -0.1) is 0 Å². The molecule has 0 aromatic heterocycles. The van der Waals surface area contributed by atoms with E-state index in [0.717, 1.165) is 41.5 Å². The highest BCUT2D eigenvalue weighted by Crippen LogP contribution is 2.23. The molecule has 0 saturated heterocycles. The molecule has 0 radical (unpaired) electrons. The predicted octanol–water partition coefficient (Wildman–Crippen LogP) is 4.42. The number of benzene rings is 2. The summed E-state index contributed by atoms with van der Waals surface area (Å²) in [5.74, 6) is 0.462. The lowest BCUT2D eigenvalue weighted by molar-refractivity contribution is -0.121. The van der Waals surface area contributed by atoms with E-state index in [2.05, 4.69) is 33.7 Å². The van der Waals surface area contributed by atoms with E-state index < -0.39 is 5.91 Å². The molecule has 2 amide bonds. The Bertz CT molecular complexity index is 809. The van der Waals surface area contributed by atoms with Gasteiger partial charge in [-0.25, -0.2) is 0 Å². The number of methoxy groups -OCH3 is 1. The van der Waals surface area contributed by atoms with E-state index >= 15 is 0 Å². The summed E-state index contributed by atoms with van der Waals surface area (Å²) in [6, 6.07) is 12.4. The molecule has 6 nitrogen and oxygen atoms in total. The normalized spacial score (nSPS) is 10.3. The largest absolute Gasteiger partial charge is 0.497 e. The fourth-order valence-corrected chi connectivity index (χ4v) is 3.04. The van der Waals surface area contributed by atoms with Crippen LogP contribution in [0.4, 0.5) is 0 Å². The second-order valence-corrected chi connectivity index (χ2v) is 7.49. The van der Waals surface area contributed by atoms with Gasteiger partial charge in [-0.05, 0) is 42.3 Å². The lowest BCUT2D eigenvalue weighted by Crippen LogP contribution is -2.42. The maximum Gasteiger partial charge on any atom is 0.273 e. The highest BCUT2D eigenvalue weighted by atomic mass is 79.9. The van der Waals surface area contributed by atoms with Crippen molar-refractivity contribution in [3.63, 3.8) is 0 Å². The van der Waals surface area contributed by atoms with Crippen LogP contribution in [0.25, 0.3) is 0 Å². The first-order valence-corrected chi connectivity index (χ1v) is 10.5. The number of rotatable bonds is 10. The molecule has 0 bridgehead atoms. The van der Waals surface area contributed by atoms with Crippen molar-refractivity contribution in [1.29, 1.82) is 0 Å². The number of carbonyl (C=O) groups is 2. The van der Waals surface area contributed by atoms with Gasteiger partial charge in [-0.3, -0.25) is 20.4 Å². The van der Waals surface area contributed by atoms with Gasteiger partial charge in [0.2, 0.25) is 5.91 Å². The molecule has 0 aliphatic heterocycles. The van der Waals surface area contributed by atoms with E-state index in [1.807, 2.05) is 6.07 Å². The Labute approximate surface area is 180 Å². The van der Waals surface area contributed by atoms with Crippen LogP contribution in [-0.4, -0.2) is 25.5 Å². The standard InChI is InChI=1S/C22H27BrN2O4/c1-3-4-5-6-13-29-20-12-9-17(23)15-19(20)22(27)25-24-21(26)14-16-7-10-18(28-2)11-8-16/h7-12,15H,3-6,13-14H2,1-2H3,(H,24,26)(H,25,27). The monoisotopic (exact) mass is 462 g/mol. The van der Waals surface area contributed by atoms with Gasteiger partial charge in [0.1, 0.15) is 11.5 Å². The summed E-state index contributed by atoms with van der Waals surface area (Å²) in [6.07, 6.45) is 4.49. The van der Waals surface area contributed by atoms with Crippen LogP contribution >= 0.6 is 15.9 Å². The number of hydrazine groups is 1. The van der Waals surface area contributed by atoms with Crippen molar-refractivity contribution in [1.82, 2.24) is 10.9 Å². The molecule has 2 N–H and O–H groups in total. The molecule has 0 heterocycles. The molecular weight excluding hydrogens is 436 g/mol. The third-order valence-corrected chi connectivity index (χ3v) is 4.77. The van der Waals surface area contributed by atoms with Crippen LogP contribution < -0.4 is 20.3 Å². The van der Waals surface area contributed by atoms with Crippen LogP contribution in [0, 0.1) is 0 Å². The first-order chi connectivity index (χ1) is 14.0. The minimum absolute atomic E-state index is 0.142. The van der Waals surface area contributed by atoms with E-state index in [1.165, 1.54) is 0 Å². The van der Waals surface area contributed by atoms with Gasteiger partial charge in [0, 0.05) is 4.47 Å². The summed E-state index contributed by atoms with van der Waals surface area (Å²) in [6.45, 7) is 2.70. The first kappa shape index (κ1) is 22.7. The number of halogens is 1. The van der Waals surface area contributed by atoms with Crippen molar-refractivity contribution in [2.45, 2.75) is 39.0 Å². The van der Waals surface area contributed by atoms with Gasteiger partial charge in [-0.2, -0.15) is 0 Å². The summed E-state index contributed by atoms with van der Waals surface area (Å²) in [4.78, 5) is 24.7. The number of ether oxygens (including phenoxy) is 2. The van der Waals surface area contributed by atoms with Gasteiger partial charge in [0.25, 0.3) is 5.91 Å². The molecule has 156 valence electrons. The van der Waals surface area contributed by atoms with E-state index in [4.69, 9.17) is 9.47 Å². The topological polar surface area (TPSA) is 76.7 Å². The maximum absolute atomic E-state index is 12.6. The van der Waals surface area contributed by atoms with Crippen molar-refractivity contribution < 1.29 is 19.1 Å². The molecule has 0 unspecified atom stereocenters. The average Bonchev–Trinajstić information content (AvgIpc) is 2.73. The van der Waals surface area contributed by atoms with Gasteiger partial charge in [0.15, 0.2) is 0 Å². The van der Waals surface area contributed by atoms with Crippen molar-refractivity contribution >= 4 is 27.7 Å². The summed E-state index contributed by atoms with van der Waals surface area (Å²) in [5, 5.41) is 0. The minimum atomic E-state index is -0.432. The zero-order valence-corrected chi connectivity index (χ0v) is 18.4. The predicted molar refractivity (Wildman–Crippen MR) is 116 cm³/mol. The molecule has 0 aliphatic rings. The van der Waals surface area contributed by atoms with E-state index in [1.54, 1.807) is 43.5 Å². The fraction of sp³-hybridized carbons (Fsp3) is 0.364. The summed E-state index contributed by atoms with van der Waals surface area (Å²) in [5.41, 5.74) is 6.08. The third kappa shape index (κ3) is 7.77. The van der Waals surface area contributed by atoms with Gasteiger partial charge in [0.05, 0.1) is 25.7 Å². The van der Waals surface area contributed by atoms with Gasteiger partial charge < -0.3 is 9.47 Å². The highest BCUT2D eigenvalue weighted by Gasteiger charge is 2.14. The Balaban J connectivity index is 1.89. The highest BCUT2D eigenvalue weighted by molar-refractivity contribution is 9.10. The minimum Gasteiger partial charge on any atom is -0.497 e. The second-order valence-electron chi connectivity index (χ2n) is 6.58. The maximum atomic E-state index is 12.6. The molecule has 2 aromatic rings. The zero-order valence-electron chi connectivity index (χ0n) is 16.8. The number of carbonyl (C=O) groups excluding carboxylic acids is 2. The Morgan fingerprint density at radius 2 is 1.76 bits per heavy atom. The van der Waals surface area contributed by atoms with Crippen LogP contribution in [0.3, 0.4) is 0 Å². The molecule has 0 atom stereocenters. The van der Waals surface area contributed by atoms with Crippen LogP contribution in [0.1, 0.15) is 48.5 Å². The molecule has 2 aromatic carbocycles. The summed E-state index contributed by atoms with van der Waals surface area (Å²) < 4.78 is 11.6. The molecule has 0 spiro atoms. The van der Waals surface area contributed by atoms with Crippen molar-refractivity contribution in [3.8, 4) is 11.5 Å². The second kappa shape index (κ2) is 12.1. The Kier molecular flexibility index (Phi) is 9.50. The van der Waals surface area contributed by atoms with E-state index in [-0.39, 0.29) is 12.3 Å². The lowest BCUT2D eigenvalue weighted by atomic mass is 10.1. The van der Waals surface area contributed by atoms with Crippen LogP contribution in [0.15, 0.2) is 46.9 Å². The van der Waals surface area contributed by atoms with Crippen LogP contribution in [-0.2, 0) is 11.2 Å². The van der Waals surface area contributed by atoms with Crippen LogP contribution in [0.2, 0.25) is 0 Å². The quantitative estimate of drug-likeness (QED) is 0.404. The van der Waals surface area contributed by atoms with Gasteiger partial charge >= 0.3 is 0 Å².